The maximum Gasteiger partial charge on any atom is 0.263 e. The summed E-state index contributed by atoms with van der Waals surface area (Å²) in [7, 11) is -3.66. The van der Waals surface area contributed by atoms with Gasteiger partial charge in [-0.05, 0) is 58.1 Å². The third-order valence-electron chi connectivity index (χ3n) is 3.25. The van der Waals surface area contributed by atoms with Crippen LogP contribution in [0, 0.1) is 6.92 Å². The highest BCUT2D eigenvalue weighted by atomic mass is 79.9. The van der Waals surface area contributed by atoms with Gasteiger partial charge in [-0.3, -0.25) is 4.72 Å². The maximum absolute atomic E-state index is 12.5. The van der Waals surface area contributed by atoms with Crippen LogP contribution in [0.3, 0.4) is 0 Å². The van der Waals surface area contributed by atoms with Crippen LogP contribution < -0.4 is 4.72 Å². The van der Waals surface area contributed by atoms with Crippen LogP contribution in [0.2, 0.25) is 0 Å². The second kappa shape index (κ2) is 6.01. The summed E-state index contributed by atoms with van der Waals surface area (Å²) in [4.78, 5) is 4.42. The molecule has 118 valence electrons. The molecule has 0 radical (unpaired) electrons. The topological polar surface area (TPSA) is 59.1 Å². The Balaban J connectivity index is 2.33. The average Bonchev–Trinajstić information content (AvgIpc) is 2.42. The predicted octanol–water partition coefficient (Wildman–Crippen LogP) is 4.25. The van der Waals surface area contributed by atoms with Crippen molar-refractivity contribution in [2.45, 2.75) is 38.0 Å². The summed E-state index contributed by atoms with van der Waals surface area (Å²) in [5.74, 6) is 0.292. The molecular formula is C16H19BrN2O2S. The molecule has 1 aromatic heterocycles. The summed E-state index contributed by atoms with van der Waals surface area (Å²) >= 11 is 3.30. The van der Waals surface area contributed by atoms with Crippen molar-refractivity contribution in [3.05, 3.63) is 52.1 Å². The Labute approximate surface area is 140 Å². The lowest BCUT2D eigenvalue weighted by Gasteiger charge is -2.19. The zero-order valence-corrected chi connectivity index (χ0v) is 15.4. The quantitative estimate of drug-likeness (QED) is 0.862. The summed E-state index contributed by atoms with van der Waals surface area (Å²) in [6, 6.07) is 10.5. The Morgan fingerprint density at radius 2 is 1.64 bits per heavy atom. The predicted molar refractivity (Wildman–Crippen MR) is 92.6 cm³/mol. The van der Waals surface area contributed by atoms with Crippen LogP contribution in [-0.2, 0) is 15.4 Å². The standard InChI is InChI=1S/C16H19BrN2O2S/c1-11-5-10-14(17)15(18-11)19-22(20,21)13-8-6-12(7-9-13)16(2,3)4/h5-10H,1-4H3,(H,18,19). The molecule has 1 aromatic carbocycles. The molecule has 22 heavy (non-hydrogen) atoms. The van der Waals surface area contributed by atoms with Crippen molar-refractivity contribution >= 4 is 31.8 Å². The highest BCUT2D eigenvalue weighted by Gasteiger charge is 2.19. The van der Waals surface area contributed by atoms with Gasteiger partial charge in [0.2, 0.25) is 0 Å². The Morgan fingerprint density at radius 3 is 2.18 bits per heavy atom. The molecule has 2 aromatic rings. The fourth-order valence-electron chi connectivity index (χ4n) is 1.93. The average molecular weight is 383 g/mol. The fraction of sp³-hybridized carbons (Fsp3) is 0.312. The molecule has 1 N–H and O–H groups in total. The van der Waals surface area contributed by atoms with Gasteiger partial charge in [0.1, 0.15) is 0 Å². The number of aryl methyl sites for hydroxylation is 1. The van der Waals surface area contributed by atoms with Crippen LogP contribution in [0.1, 0.15) is 32.0 Å². The van der Waals surface area contributed by atoms with Gasteiger partial charge in [-0.1, -0.05) is 32.9 Å². The van der Waals surface area contributed by atoms with Gasteiger partial charge in [-0.25, -0.2) is 13.4 Å². The van der Waals surface area contributed by atoms with Crippen LogP contribution in [-0.4, -0.2) is 13.4 Å². The maximum atomic E-state index is 12.5. The lowest BCUT2D eigenvalue weighted by molar-refractivity contribution is 0.587. The number of sulfonamides is 1. The van der Waals surface area contributed by atoms with Crippen molar-refractivity contribution in [2.24, 2.45) is 0 Å². The van der Waals surface area contributed by atoms with E-state index in [4.69, 9.17) is 0 Å². The van der Waals surface area contributed by atoms with E-state index in [0.29, 0.717) is 10.3 Å². The molecule has 0 aliphatic carbocycles. The molecule has 0 atom stereocenters. The molecule has 0 unspecified atom stereocenters. The number of nitrogens with one attached hydrogen (secondary N) is 1. The van der Waals surface area contributed by atoms with Gasteiger partial charge in [0.25, 0.3) is 10.0 Å². The first-order chi connectivity index (χ1) is 10.1. The number of anilines is 1. The number of pyridine rings is 1. The van der Waals surface area contributed by atoms with E-state index in [0.717, 1.165) is 11.3 Å². The number of rotatable bonds is 3. The number of nitrogens with zero attached hydrogens (tertiary/aromatic N) is 1. The largest absolute Gasteiger partial charge is 0.263 e. The highest BCUT2D eigenvalue weighted by Crippen LogP contribution is 2.26. The molecule has 0 aliphatic rings. The minimum atomic E-state index is -3.66. The number of hydrogen-bond acceptors (Lipinski definition) is 3. The second-order valence-electron chi connectivity index (χ2n) is 6.16. The Hall–Kier alpha value is -1.40. The molecule has 0 bridgehead atoms. The van der Waals surface area contributed by atoms with E-state index in [1.807, 2.05) is 19.1 Å². The third-order valence-corrected chi connectivity index (χ3v) is 5.24. The lowest BCUT2D eigenvalue weighted by atomic mass is 9.87. The normalized spacial score (nSPS) is 12.2. The third kappa shape index (κ3) is 3.87. The smallest absolute Gasteiger partial charge is 0.262 e. The van der Waals surface area contributed by atoms with E-state index in [1.54, 1.807) is 24.3 Å². The van der Waals surface area contributed by atoms with Gasteiger partial charge in [0.05, 0.1) is 9.37 Å². The minimum absolute atomic E-state index is 0.0170. The molecule has 0 saturated heterocycles. The Morgan fingerprint density at radius 1 is 1.05 bits per heavy atom. The van der Waals surface area contributed by atoms with E-state index < -0.39 is 10.0 Å². The first-order valence-electron chi connectivity index (χ1n) is 6.86. The Kier molecular flexibility index (Phi) is 4.63. The monoisotopic (exact) mass is 382 g/mol. The van der Waals surface area contributed by atoms with Crippen molar-refractivity contribution in [1.82, 2.24) is 4.98 Å². The van der Waals surface area contributed by atoms with E-state index >= 15 is 0 Å². The van der Waals surface area contributed by atoms with Gasteiger partial charge >= 0.3 is 0 Å². The van der Waals surface area contributed by atoms with Gasteiger partial charge in [0.15, 0.2) is 5.82 Å². The SMILES string of the molecule is Cc1ccc(Br)c(NS(=O)(=O)c2ccc(C(C)(C)C)cc2)n1. The zero-order chi connectivity index (χ0) is 16.5. The summed E-state index contributed by atoms with van der Waals surface area (Å²) in [6.45, 7) is 8.07. The lowest BCUT2D eigenvalue weighted by Crippen LogP contribution is -2.16. The van der Waals surface area contributed by atoms with E-state index in [2.05, 4.69) is 46.4 Å². The first-order valence-corrected chi connectivity index (χ1v) is 9.14. The highest BCUT2D eigenvalue weighted by molar-refractivity contribution is 9.10. The summed E-state index contributed by atoms with van der Waals surface area (Å²) in [5, 5.41) is 0. The first kappa shape index (κ1) is 17.0. The van der Waals surface area contributed by atoms with E-state index in [1.165, 1.54) is 0 Å². The molecule has 4 nitrogen and oxygen atoms in total. The molecule has 0 fully saturated rings. The van der Waals surface area contributed by atoms with Crippen molar-refractivity contribution in [2.75, 3.05) is 4.72 Å². The van der Waals surface area contributed by atoms with Crippen LogP contribution in [0.25, 0.3) is 0 Å². The number of hydrogen-bond donors (Lipinski definition) is 1. The van der Waals surface area contributed by atoms with Crippen LogP contribution >= 0.6 is 15.9 Å². The van der Waals surface area contributed by atoms with E-state index in [-0.39, 0.29) is 10.3 Å². The minimum Gasteiger partial charge on any atom is -0.262 e. The zero-order valence-electron chi connectivity index (χ0n) is 13.0. The molecule has 1 heterocycles. The molecular weight excluding hydrogens is 364 g/mol. The summed E-state index contributed by atoms with van der Waals surface area (Å²) in [6.07, 6.45) is 0. The van der Waals surface area contributed by atoms with Crippen LogP contribution in [0.4, 0.5) is 5.82 Å². The number of benzene rings is 1. The molecule has 0 aliphatic heterocycles. The van der Waals surface area contributed by atoms with Crippen LogP contribution in [0.5, 0.6) is 0 Å². The molecule has 0 spiro atoms. The van der Waals surface area contributed by atoms with Crippen molar-refractivity contribution in [1.29, 1.82) is 0 Å². The summed E-state index contributed by atoms with van der Waals surface area (Å²) in [5.41, 5.74) is 1.81. The van der Waals surface area contributed by atoms with Gasteiger partial charge < -0.3 is 0 Å². The number of halogens is 1. The van der Waals surface area contributed by atoms with Crippen molar-refractivity contribution in [3.8, 4) is 0 Å². The molecule has 0 amide bonds. The number of aromatic nitrogens is 1. The second-order valence-corrected chi connectivity index (χ2v) is 8.70. The van der Waals surface area contributed by atoms with Crippen LogP contribution in [0.15, 0.2) is 45.8 Å². The molecule has 6 heteroatoms. The molecule has 2 rings (SSSR count). The van der Waals surface area contributed by atoms with Crippen molar-refractivity contribution < 1.29 is 8.42 Å². The summed E-state index contributed by atoms with van der Waals surface area (Å²) < 4.78 is 28.0. The fourth-order valence-corrected chi connectivity index (χ4v) is 3.41. The Bertz CT molecular complexity index is 779. The van der Waals surface area contributed by atoms with Gasteiger partial charge in [0, 0.05) is 5.69 Å². The van der Waals surface area contributed by atoms with E-state index in [9.17, 15) is 8.42 Å². The van der Waals surface area contributed by atoms with Gasteiger partial charge in [-0.15, -0.1) is 0 Å². The molecule has 0 saturated carbocycles. The van der Waals surface area contributed by atoms with Gasteiger partial charge in [-0.2, -0.15) is 0 Å². The van der Waals surface area contributed by atoms with Crippen molar-refractivity contribution in [3.63, 3.8) is 0 Å².